The number of hydrogen-bond donors (Lipinski definition) is 1. The maximum atomic E-state index is 6.06. The first-order chi connectivity index (χ1) is 8.57. The quantitative estimate of drug-likeness (QED) is 0.874. The molecule has 3 heteroatoms. The van der Waals surface area contributed by atoms with Crippen molar-refractivity contribution >= 4 is 0 Å². The highest BCUT2D eigenvalue weighted by atomic mass is 15.3. The Kier molecular flexibility index (Phi) is 4.05. The molecule has 1 aliphatic rings. The van der Waals surface area contributed by atoms with Gasteiger partial charge < -0.3 is 10.6 Å². The third kappa shape index (κ3) is 2.58. The van der Waals surface area contributed by atoms with Crippen LogP contribution in [0.25, 0.3) is 0 Å². The maximum absolute atomic E-state index is 6.06. The molecule has 18 heavy (non-hydrogen) atoms. The normalized spacial score (nSPS) is 24.9. The molecule has 100 valence electrons. The van der Waals surface area contributed by atoms with Gasteiger partial charge in [-0.3, -0.25) is 4.90 Å². The third-order valence-electron chi connectivity index (χ3n) is 4.38. The topological polar surface area (TPSA) is 32.5 Å². The molecule has 1 fully saturated rings. The van der Waals surface area contributed by atoms with Crippen molar-refractivity contribution in [3.8, 4) is 0 Å². The number of likely N-dealkylation sites (tertiary alicyclic amines) is 1. The molecule has 0 radical (unpaired) electrons. The highest BCUT2D eigenvalue weighted by Crippen LogP contribution is 2.27. The fourth-order valence-corrected chi connectivity index (χ4v) is 2.90. The first-order valence-corrected chi connectivity index (χ1v) is 6.72. The first kappa shape index (κ1) is 13.5. The molecular weight excluding hydrogens is 222 g/mol. The Morgan fingerprint density at radius 3 is 2.67 bits per heavy atom. The Balaban J connectivity index is 2.11. The number of nitrogens with zero attached hydrogens (tertiary/aromatic N) is 2. The Morgan fingerprint density at radius 1 is 1.39 bits per heavy atom. The summed E-state index contributed by atoms with van der Waals surface area (Å²) in [4.78, 5) is 4.82. The van der Waals surface area contributed by atoms with Crippen molar-refractivity contribution in [1.29, 1.82) is 0 Å². The molecule has 3 nitrogen and oxygen atoms in total. The highest BCUT2D eigenvalue weighted by Gasteiger charge is 2.38. The zero-order valence-corrected chi connectivity index (χ0v) is 11.8. The van der Waals surface area contributed by atoms with Crippen molar-refractivity contribution in [3.63, 3.8) is 0 Å². The molecule has 0 aliphatic carbocycles. The fourth-order valence-electron chi connectivity index (χ4n) is 2.90. The molecule has 1 unspecified atom stereocenters. The molecule has 0 spiro atoms. The van der Waals surface area contributed by atoms with Crippen LogP contribution < -0.4 is 5.73 Å². The Hall–Kier alpha value is -0.900. The van der Waals surface area contributed by atoms with E-state index in [1.165, 1.54) is 17.5 Å². The van der Waals surface area contributed by atoms with Gasteiger partial charge in [0.25, 0.3) is 0 Å². The molecule has 0 aromatic heterocycles. The lowest BCUT2D eigenvalue weighted by Crippen LogP contribution is -2.53. The number of likely N-dealkylation sites (N-methyl/N-ethyl adjacent to an activating group) is 2. The summed E-state index contributed by atoms with van der Waals surface area (Å²) in [5, 5.41) is 0. The van der Waals surface area contributed by atoms with Crippen molar-refractivity contribution in [2.24, 2.45) is 5.73 Å². The Morgan fingerprint density at radius 2 is 2.11 bits per heavy atom. The minimum atomic E-state index is 0.150. The van der Waals surface area contributed by atoms with Crippen LogP contribution in [0.15, 0.2) is 24.3 Å². The predicted octanol–water partition coefficient (Wildman–Crippen LogP) is 1.46. The molecule has 1 heterocycles. The van der Waals surface area contributed by atoms with Crippen LogP contribution in [0.5, 0.6) is 0 Å². The van der Waals surface area contributed by atoms with Gasteiger partial charge in [-0.2, -0.15) is 0 Å². The first-order valence-electron chi connectivity index (χ1n) is 6.72. The summed E-state index contributed by atoms with van der Waals surface area (Å²) in [7, 11) is 4.39. The second kappa shape index (κ2) is 5.39. The molecule has 0 saturated carbocycles. The van der Waals surface area contributed by atoms with Crippen molar-refractivity contribution in [2.75, 3.05) is 33.7 Å². The summed E-state index contributed by atoms with van der Waals surface area (Å²) in [6.45, 7) is 6.12. The van der Waals surface area contributed by atoms with E-state index in [4.69, 9.17) is 5.73 Å². The highest BCUT2D eigenvalue weighted by molar-refractivity contribution is 5.25. The maximum Gasteiger partial charge on any atom is 0.0470 e. The molecule has 1 aromatic rings. The predicted molar refractivity (Wildman–Crippen MR) is 76.5 cm³/mol. The minimum absolute atomic E-state index is 0.150. The number of aryl methyl sites for hydroxylation is 1. The van der Waals surface area contributed by atoms with E-state index in [9.17, 15) is 0 Å². The van der Waals surface area contributed by atoms with Crippen LogP contribution in [-0.4, -0.2) is 49.1 Å². The molecule has 2 rings (SSSR count). The lowest BCUT2D eigenvalue weighted by Gasteiger charge is -2.38. The van der Waals surface area contributed by atoms with Gasteiger partial charge in [-0.1, -0.05) is 24.3 Å². The average molecular weight is 247 g/mol. The summed E-state index contributed by atoms with van der Waals surface area (Å²) < 4.78 is 0. The van der Waals surface area contributed by atoms with Crippen molar-refractivity contribution in [3.05, 3.63) is 35.4 Å². The van der Waals surface area contributed by atoms with Gasteiger partial charge >= 0.3 is 0 Å². The van der Waals surface area contributed by atoms with Crippen molar-refractivity contribution in [1.82, 2.24) is 9.80 Å². The van der Waals surface area contributed by atoms with Gasteiger partial charge in [0.15, 0.2) is 0 Å². The molecule has 0 bridgehead atoms. The van der Waals surface area contributed by atoms with Crippen LogP contribution >= 0.6 is 0 Å². The second-order valence-corrected chi connectivity index (χ2v) is 5.70. The fraction of sp³-hybridized carbons (Fsp3) is 0.600. The number of hydrogen-bond acceptors (Lipinski definition) is 3. The number of nitrogens with two attached hydrogens (primary N) is 1. The van der Waals surface area contributed by atoms with E-state index in [1.54, 1.807) is 0 Å². The molecule has 1 atom stereocenters. The second-order valence-electron chi connectivity index (χ2n) is 5.70. The zero-order valence-electron chi connectivity index (χ0n) is 11.8. The van der Waals surface area contributed by atoms with Crippen LogP contribution in [0.3, 0.4) is 0 Å². The van der Waals surface area contributed by atoms with E-state index >= 15 is 0 Å². The summed E-state index contributed by atoms with van der Waals surface area (Å²) in [5.74, 6) is 0. The van der Waals surface area contributed by atoms with Gasteiger partial charge in [0, 0.05) is 25.2 Å². The van der Waals surface area contributed by atoms with Gasteiger partial charge in [-0.15, -0.1) is 0 Å². The van der Waals surface area contributed by atoms with Crippen molar-refractivity contribution < 1.29 is 0 Å². The zero-order chi connectivity index (χ0) is 13.2. The van der Waals surface area contributed by atoms with Gasteiger partial charge in [-0.25, -0.2) is 0 Å². The Labute approximate surface area is 111 Å². The van der Waals surface area contributed by atoms with E-state index < -0.39 is 0 Å². The van der Waals surface area contributed by atoms with Crippen LogP contribution in [0, 0.1) is 6.92 Å². The largest absolute Gasteiger partial charge is 0.329 e. The molecule has 1 saturated heterocycles. The SMILES string of the molecule is Cc1ccccc1CN(C)C1(CN)CCN(C)C1. The summed E-state index contributed by atoms with van der Waals surface area (Å²) in [6, 6.07) is 8.61. The molecule has 1 aliphatic heterocycles. The van der Waals surface area contributed by atoms with E-state index in [2.05, 4.69) is 55.1 Å². The smallest absolute Gasteiger partial charge is 0.0470 e. The van der Waals surface area contributed by atoms with Crippen molar-refractivity contribution in [2.45, 2.75) is 25.4 Å². The van der Waals surface area contributed by atoms with E-state index in [-0.39, 0.29) is 5.54 Å². The van der Waals surface area contributed by atoms with Gasteiger partial charge in [-0.05, 0) is 45.1 Å². The van der Waals surface area contributed by atoms with Crippen LogP contribution in [-0.2, 0) is 6.54 Å². The average Bonchev–Trinajstić information content (AvgIpc) is 2.75. The van der Waals surface area contributed by atoms with Crippen LogP contribution in [0.1, 0.15) is 17.5 Å². The lowest BCUT2D eigenvalue weighted by atomic mass is 9.95. The third-order valence-corrected chi connectivity index (χ3v) is 4.38. The number of benzene rings is 1. The standard InChI is InChI=1S/C15H25N3/c1-13-6-4-5-7-14(13)10-18(3)15(11-16)8-9-17(2)12-15/h4-7H,8-12,16H2,1-3H3. The van der Waals surface area contributed by atoms with E-state index in [1.807, 2.05) is 0 Å². The molecular formula is C15H25N3. The number of rotatable bonds is 4. The van der Waals surface area contributed by atoms with E-state index in [0.29, 0.717) is 0 Å². The summed E-state index contributed by atoms with van der Waals surface area (Å²) in [5.41, 5.74) is 8.97. The summed E-state index contributed by atoms with van der Waals surface area (Å²) >= 11 is 0. The monoisotopic (exact) mass is 247 g/mol. The van der Waals surface area contributed by atoms with E-state index in [0.717, 1.165) is 26.2 Å². The van der Waals surface area contributed by atoms with Gasteiger partial charge in [0.1, 0.15) is 0 Å². The molecule has 2 N–H and O–H groups in total. The minimum Gasteiger partial charge on any atom is -0.329 e. The lowest BCUT2D eigenvalue weighted by molar-refractivity contribution is 0.125. The van der Waals surface area contributed by atoms with Crippen LogP contribution in [0.2, 0.25) is 0 Å². The van der Waals surface area contributed by atoms with Gasteiger partial charge in [0.2, 0.25) is 0 Å². The van der Waals surface area contributed by atoms with Crippen LogP contribution in [0.4, 0.5) is 0 Å². The van der Waals surface area contributed by atoms with Gasteiger partial charge in [0.05, 0.1) is 0 Å². The summed E-state index contributed by atoms with van der Waals surface area (Å²) in [6.07, 6.45) is 1.17. The molecule has 0 amide bonds. The Bertz CT molecular complexity index is 404. The molecule has 1 aromatic carbocycles.